The Bertz CT molecular complexity index is 225. The first kappa shape index (κ1) is 17.3. The fraction of sp³-hybridized carbons (Fsp3) is 1.00. The standard InChI is InChI=1S/C8H9F9O/c9-6(10,11)5(7(12,13)14,8(15,16)17)3-1-2-4-18/h18H,1-4H2. The summed E-state index contributed by atoms with van der Waals surface area (Å²) in [6.45, 7) is -0.788. The van der Waals surface area contributed by atoms with Gasteiger partial charge in [-0.25, -0.2) is 0 Å². The molecule has 0 saturated carbocycles. The van der Waals surface area contributed by atoms with E-state index in [-0.39, 0.29) is 0 Å². The Kier molecular flexibility index (Phi) is 4.95. The summed E-state index contributed by atoms with van der Waals surface area (Å²) < 4.78 is 111. The van der Waals surface area contributed by atoms with E-state index in [4.69, 9.17) is 5.11 Å². The van der Waals surface area contributed by atoms with Gasteiger partial charge in [0.25, 0.3) is 5.41 Å². The largest absolute Gasteiger partial charge is 0.412 e. The Balaban J connectivity index is 5.61. The molecule has 0 aromatic rings. The number of hydrogen-bond acceptors (Lipinski definition) is 1. The van der Waals surface area contributed by atoms with E-state index >= 15 is 0 Å². The van der Waals surface area contributed by atoms with Crippen LogP contribution in [0.2, 0.25) is 0 Å². The maximum atomic E-state index is 12.3. The zero-order valence-corrected chi connectivity index (χ0v) is 8.68. The van der Waals surface area contributed by atoms with Gasteiger partial charge in [0.05, 0.1) is 0 Å². The van der Waals surface area contributed by atoms with Gasteiger partial charge in [0, 0.05) is 6.61 Å². The van der Waals surface area contributed by atoms with Crippen molar-refractivity contribution >= 4 is 0 Å². The van der Waals surface area contributed by atoms with Crippen molar-refractivity contribution in [2.24, 2.45) is 5.41 Å². The first-order valence-corrected chi connectivity index (χ1v) is 4.62. The van der Waals surface area contributed by atoms with Crippen LogP contribution in [0.4, 0.5) is 39.5 Å². The number of unbranched alkanes of at least 4 members (excludes halogenated alkanes) is 1. The van der Waals surface area contributed by atoms with E-state index in [2.05, 4.69) is 0 Å². The van der Waals surface area contributed by atoms with Crippen LogP contribution in [0.15, 0.2) is 0 Å². The predicted octanol–water partition coefficient (Wildman–Crippen LogP) is 3.82. The molecule has 0 unspecified atom stereocenters. The molecule has 0 aromatic heterocycles. The minimum Gasteiger partial charge on any atom is -0.396 e. The van der Waals surface area contributed by atoms with Gasteiger partial charge in [-0.1, -0.05) is 0 Å². The maximum absolute atomic E-state index is 12.3. The highest BCUT2D eigenvalue weighted by atomic mass is 19.4. The molecule has 0 aliphatic heterocycles. The molecule has 1 nitrogen and oxygen atoms in total. The summed E-state index contributed by atoms with van der Waals surface area (Å²) in [4.78, 5) is 0. The van der Waals surface area contributed by atoms with Gasteiger partial charge in [0.15, 0.2) is 0 Å². The first-order valence-electron chi connectivity index (χ1n) is 4.62. The summed E-state index contributed by atoms with van der Waals surface area (Å²) in [5.74, 6) is 0. The fourth-order valence-corrected chi connectivity index (χ4v) is 1.41. The van der Waals surface area contributed by atoms with Gasteiger partial charge in [0.1, 0.15) is 0 Å². The molecule has 0 spiro atoms. The third kappa shape index (κ3) is 3.01. The average molecular weight is 292 g/mol. The van der Waals surface area contributed by atoms with Crippen LogP contribution in [0.25, 0.3) is 0 Å². The molecule has 0 bridgehead atoms. The van der Waals surface area contributed by atoms with Gasteiger partial charge in [0.2, 0.25) is 0 Å². The molecule has 0 aliphatic rings. The molecule has 0 aliphatic carbocycles. The predicted molar refractivity (Wildman–Crippen MR) is 41.5 cm³/mol. The van der Waals surface area contributed by atoms with E-state index in [0.29, 0.717) is 0 Å². The van der Waals surface area contributed by atoms with Gasteiger partial charge in [-0.3, -0.25) is 0 Å². The minimum absolute atomic E-state index is 0.579. The molecule has 0 fully saturated rings. The monoisotopic (exact) mass is 292 g/mol. The third-order valence-electron chi connectivity index (χ3n) is 2.41. The van der Waals surface area contributed by atoms with Crippen LogP contribution >= 0.6 is 0 Å². The Morgan fingerprint density at radius 2 is 0.944 bits per heavy atom. The quantitative estimate of drug-likeness (QED) is 0.617. The summed E-state index contributed by atoms with van der Waals surface area (Å²) >= 11 is 0. The Morgan fingerprint density at radius 1 is 0.611 bits per heavy atom. The smallest absolute Gasteiger partial charge is 0.396 e. The zero-order chi connectivity index (χ0) is 14.8. The van der Waals surface area contributed by atoms with Crippen molar-refractivity contribution in [3.63, 3.8) is 0 Å². The van der Waals surface area contributed by atoms with Crippen LogP contribution in [-0.2, 0) is 0 Å². The van der Waals surface area contributed by atoms with Crippen LogP contribution in [0, 0.1) is 5.41 Å². The third-order valence-corrected chi connectivity index (χ3v) is 2.41. The molecule has 0 aromatic carbocycles. The van der Waals surface area contributed by atoms with Crippen molar-refractivity contribution in [2.45, 2.75) is 37.8 Å². The molecule has 0 saturated heterocycles. The van der Waals surface area contributed by atoms with Crippen molar-refractivity contribution in [3.05, 3.63) is 0 Å². The molecule has 0 atom stereocenters. The lowest BCUT2D eigenvalue weighted by atomic mass is 9.80. The van der Waals surface area contributed by atoms with Crippen molar-refractivity contribution < 1.29 is 44.6 Å². The number of hydrogen-bond donors (Lipinski definition) is 1. The summed E-state index contributed by atoms with van der Waals surface area (Å²) in [6, 6.07) is 0. The van der Waals surface area contributed by atoms with Gasteiger partial charge in [-0.05, 0) is 19.3 Å². The Morgan fingerprint density at radius 3 is 1.17 bits per heavy atom. The lowest BCUT2D eigenvalue weighted by molar-refractivity contribution is -0.429. The average Bonchev–Trinajstić information content (AvgIpc) is 2.05. The minimum atomic E-state index is -6.50. The highest BCUT2D eigenvalue weighted by molar-refractivity contribution is 4.99. The van der Waals surface area contributed by atoms with Crippen LogP contribution in [-0.4, -0.2) is 30.2 Å². The van der Waals surface area contributed by atoms with Crippen LogP contribution < -0.4 is 0 Å². The van der Waals surface area contributed by atoms with Crippen molar-refractivity contribution in [3.8, 4) is 0 Å². The highest BCUT2D eigenvalue weighted by Crippen LogP contribution is 2.61. The van der Waals surface area contributed by atoms with Crippen LogP contribution in [0.1, 0.15) is 19.3 Å². The van der Waals surface area contributed by atoms with E-state index in [9.17, 15) is 39.5 Å². The number of alkyl halides is 9. The van der Waals surface area contributed by atoms with E-state index < -0.39 is 49.8 Å². The second kappa shape index (κ2) is 5.14. The van der Waals surface area contributed by atoms with Gasteiger partial charge in [-0.15, -0.1) is 0 Å². The lowest BCUT2D eigenvalue weighted by Gasteiger charge is -2.38. The molecule has 110 valence electrons. The van der Waals surface area contributed by atoms with Gasteiger partial charge in [-0.2, -0.15) is 39.5 Å². The summed E-state index contributed by atoms with van der Waals surface area (Å²) in [7, 11) is 0. The topological polar surface area (TPSA) is 20.2 Å². The zero-order valence-electron chi connectivity index (χ0n) is 8.68. The molecular formula is C8H9F9O. The summed E-state index contributed by atoms with van der Waals surface area (Å²) in [5.41, 5.74) is -5.75. The normalized spacial score (nSPS) is 15.0. The number of aliphatic hydroxyl groups excluding tert-OH is 1. The Hall–Kier alpha value is -0.670. The van der Waals surface area contributed by atoms with Crippen LogP contribution in [0.3, 0.4) is 0 Å². The van der Waals surface area contributed by atoms with E-state index in [1.54, 1.807) is 0 Å². The Labute approximate surface area is 95.6 Å². The molecular weight excluding hydrogens is 283 g/mol. The highest BCUT2D eigenvalue weighted by Gasteiger charge is 2.82. The molecule has 0 amide bonds. The summed E-state index contributed by atoms with van der Waals surface area (Å²) in [6.07, 6.45) is -23.3. The lowest BCUT2D eigenvalue weighted by Crippen LogP contribution is -2.59. The number of rotatable bonds is 4. The number of halogens is 9. The second-order valence-electron chi connectivity index (χ2n) is 3.58. The van der Waals surface area contributed by atoms with E-state index in [0.717, 1.165) is 0 Å². The molecule has 10 heteroatoms. The van der Waals surface area contributed by atoms with Gasteiger partial charge >= 0.3 is 18.5 Å². The van der Waals surface area contributed by atoms with Crippen molar-refractivity contribution in [1.82, 2.24) is 0 Å². The maximum Gasteiger partial charge on any atom is 0.412 e. The SMILES string of the molecule is OCCCCC(C(F)(F)F)(C(F)(F)F)C(F)(F)F. The fourth-order valence-electron chi connectivity index (χ4n) is 1.41. The molecule has 18 heavy (non-hydrogen) atoms. The molecule has 0 radical (unpaired) electrons. The summed E-state index contributed by atoms with van der Waals surface area (Å²) in [5, 5.41) is 8.23. The second-order valence-corrected chi connectivity index (χ2v) is 3.58. The first-order chi connectivity index (χ1) is 7.81. The molecule has 1 N–H and O–H groups in total. The number of aliphatic hydroxyl groups is 1. The van der Waals surface area contributed by atoms with Gasteiger partial charge < -0.3 is 5.11 Å². The van der Waals surface area contributed by atoms with Crippen molar-refractivity contribution in [1.29, 1.82) is 0 Å². The molecule has 0 heterocycles. The van der Waals surface area contributed by atoms with E-state index in [1.807, 2.05) is 0 Å². The van der Waals surface area contributed by atoms with Crippen LogP contribution in [0.5, 0.6) is 0 Å². The van der Waals surface area contributed by atoms with Crippen molar-refractivity contribution in [2.75, 3.05) is 6.61 Å². The molecule has 0 rings (SSSR count). The van der Waals surface area contributed by atoms with E-state index in [1.165, 1.54) is 0 Å².